The third-order valence-corrected chi connectivity index (χ3v) is 4.50. The molecule has 3 N–H and O–H groups in total. The average molecular weight is 459 g/mol. The smallest absolute Gasteiger partial charge is 0.188 e. The molecule has 0 radical (unpaired) electrons. The van der Waals surface area contributed by atoms with E-state index in [9.17, 15) is 0 Å². The molecule has 6 heteroatoms. The van der Waals surface area contributed by atoms with Crippen LogP contribution in [0.3, 0.4) is 0 Å². The van der Waals surface area contributed by atoms with E-state index >= 15 is 0 Å². The van der Waals surface area contributed by atoms with Crippen LogP contribution in [-0.4, -0.2) is 25.2 Å². The Kier molecular flexibility index (Phi) is 9.78. The highest BCUT2D eigenvalue weighted by Gasteiger charge is 2.09. The van der Waals surface area contributed by atoms with Crippen molar-refractivity contribution in [2.45, 2.75) is 32.8 Å². The number of nitrogens with zero attached hydrogens (tertiary/aromatic N) is 1. The first-order chi connectivity index (χ1) is 11.2. The van der Waals surface area contributed by atoms with Gasteiger partial charge in [0.2, 0.25) is 0 Å². The topological polar surface area (TPSA) is 59.6 Å². The van der Waals surface area contributed by atoms with E-state index in [1.807, 2.05) is 31.2 Å². The number of nitrogens with one attached hydrogen (secondary N) is 1. The molecule has 1 aromatic carbocycles. The molecular weight excluding hydrogens is 433 g/mol. The Morgan fingerprint density at radius 3 is 2.75 bits per heavy atom. The van der Waals surface area contributed by atoms with Gasteiger partial charge in [0, 0.05) is 11.4 Å². The number of benzene rings is 1. The number of guanidine groups is 1. The van der Waals surface area contributed by atoms with E-state index in [1.165, 1.54) is 4.88 Å². The average Bonchev–Trinajstić information content (AvgIpc) is 3.06. The highest BCUT2D eigenvalue weighted by molar-refractivity contribution is 14.0. The number of aryl methyl sites for hydroxylation is 1. The van der Waals surface area contributed by atoms with Gasteiger partial charge in [-0.25, -0.2) is 4.99 Å². The van der Waals surface area contributed by atoms with Crippen LogP contribution in [0, 0.1) is 6.92 Å². The molecule has 2 rings (SSSR count). The number of aliphatic imine (C=N–C) groups is 1. The molecule has 0 saturated carbocycles. The number of para-hydroxylation sites is 1. The van der Waals surface area contributed by atoms with Crippen molar-refractivity contribution in [2.24, 2.45) is 10.7 Å². The van der Waals surface area contributed by atoms with Crippen molar-refractivity contribution in [2.75, 3.05) is 13.1 Å². The second-order valence-electron chi connectivity index (χ2n) is 5.40. The predicted octanol–water partition coefficient (Wildman–Crippen LogP) is 3.98. The van der Waals surface area contributed by atoms with Crippen LogP contribution < -0.4 is 15.8 Å². The van der Waals surface area contributed by atoms with E-state index in [0.29, 0.717) is 12.5 Å². The minimum atomic E-state index is 0. The summed E-state index contributed by atoms with van der Waals surface area (Å²) in [6.45, 7) is 5.50. The number of rotatable bonds is 8. The summed E-state index contributed by atoms with van der Waals surface area (Å²) in [5.41, 5.74) is 7.06. The van der Waals surface area contributed by atoms with Gasteiger partial charge < -0.3 is 15.8 Å². The van der Waals surface area contributed by atoms with Crippen molar-refractivity contribution in [1.82, 2.24) is 5.32 Å². The Labute approximate surface area is 165 Å². The maximum atomic E-state index is 6.02. The van der Waals surface area contributed by atoms with Crippen LogP contribution in [-0.2, 0) is 6.42 Å². The van der Waals surface area contributed by atoms with Crippen LogP contribution in [0.1, 0.15) is 23.8 Å². The summed E-state index contributed by atoms with van der Waals surface area (Å²) in [4.78, 5) is 5.75. The standard InChI is InChI=1S/C18H25N3OS.HI/c1-3-15(22-17-9-5-4-7-14(17)2)13-21-18(19)20-11-10-16-8-6-12-23-16;/h4-9,12,15H,3,10-11,13H2,1-2H3,(H3,19,20,21);1H. The van der Waals surface area contributed by atoms with Crippen LogP contribution in [0.15, 0.2) is 46.8 Å². The van der Waals surface area contributed by atoms with Crippen molar-refractivity contribution in [3.05, 3.63) is 52.2 Å². The van der Waals surface area contributed by atoms with Gasteiger partial charge in [-0.2, -0.15) is 0 Å². The molecule has 4 nitrogen and oxygen atoms in total. The van der Waals surface area contributed by atoms with Crippen molar-refractivity contribution in [3.8, 4) is 5.75 Å². The second-order valence-corrected chi connectivity index (χ2v) is 6.43. The quantitative estimate of drug-likeness (QED) is 0.357. The molecule has 1 aromatic heterocycles. The SMILES string of the molecule is CCC(CN=C(N)NCCc1cccs1)Oc1ccccc1C.I. The molecule has 0 saturated heterocycles. The Morgan fingerprint density at radius 2 is 2.08 bits per heavy atom. The molecular formula is C18H26IN3OS. The molecule has 0 fully saturated rings. The summed E-state index contributed by atoms with van der Waals surface area (Å²) in [7, 11) is 0. The molecule has 1 unspecified atom stereocenters. The zero-order chi connectivity index (χ0) is 16.5. The van der Waals surface area contributed by atoms with E-state index in [1.54, 1.807) is 11.3 Å². The van der Waals surface area contributed by atoms with Crippen LogP contribution in [0.2, 0.25) is 0 Å². The molecule has 24 heavy (non-hydrogen) atoms. The van der Waals surface area contributed by atoms with Crippen LogP contribution in [0.25, 0.3) is 0 Å². The number of hydrogen-bond acceptors (Lipinski definition) is 3. The molecule has 0 amide bonds. The van der Waals surface area contributed by atoms with E-state index in [0.717, 1.165) is 30.7 Å². The van der Waals surface area contributed by atoms with E-state index in [-0.39, 0.29) is 30.1 Å². The Bertz CT molecular complexity index is 616. The van der Waals surface area contributed by atoms with Gasteiger partial charge in [-0.1, -0.05) is 31.2 Å². The molecule has 0 bridgehead atoms. The van der Waals surface area contributed by atoms with Gasteiger partial charge in [0.15, 0.2) is 5.96 Å². The maximum absolute atomic E-state index is 6.02. The highest BCUT2D eigenvalue weighted by Crippen LogP contribution is 2.18. The summed E-state index contributed by atoms with van der Waals surface area (Å²) in [6, 6.07) is 12.2. The van der Waals surface area contributed by atoms with Crippen molar-refractivity contribution in [3.63, 3.8) is 0 Å². The molecule has 0 aliphatic rings. The minimum Gasteiger partial charge on any atom is -0.488 e. The number of ether oxygens (including phenoxy) is 1. The molecule has 0 aliphatic heterocycles. The normalized spacial score (nSPS) is 12.3. The second kappa shape index (κ2) is 11.3. The summed E-state index contributed by atoms with van der Waals surface area (Å²) >= 11 is 1.76. The first-order valence-electron chi connectivity index (χ1n) is 7.97. The molecule has 132 valence electrons. The van der Waals surface area contributed by atoms with Gasteiger partial charge >= 0.3 is 0 Å². The van der Waals surface area contributed by atoms with Gasteiger partial charge in [-0.15, -0.1) is 35.3 Å². The maximum Gasteiger partial charge on any atom is 0.188 e. The minimum absolute atomic E-state index is 0. The molecule has 1 heterocycles. The van der Waals surface area contributed by atoms with Gasteiger partial charge in [0.1, 0.15) is 11.9 Å². The fraction of sp³-hybridized carbons (Fsp3) is 0.389. The zero-order valence-electron chi connectivity index (χ0n) is 14.2. The molecule has 2 aromatic rings. The Hall–Kier alpha value is -1.28. The lowest BCUT2D eigenvalue weighted by Crippen LogP contribution is -2.34. The van der Waals surface area contributed by atoms with Crippen LogP contribution in [0.5, 0.6) is 5.75 Å². The van der Waals surface area contributed by atoms with E-state index in [2.05, 4.69) is 34.7 Å². The van der Waals surface area contributed by atoms with Crippen molar-refractivity contribution < 1.29 is 4.74 Å². The first-order valence-corrected chi connectivity index (χ1v) is 8.85. The third-order valence-electron chi connectivity index (χ3n) is 3.57. The number of nitrogens with two attached hydrogens (primary N) is 1. The molecule has 0 aliphatic carbocycles. The third kappa shape index (κ3) is 7.09. The van der Waals surface area contributed by atoms with Gasteiger partial charge in [0.05, 0.1) is 6.54 Å². The van der Waals surface area contributed by atoms with E-state index in [4.69, 9.17) is 10.5 Å². The lowest BCUT2D eigenvalue weighted by atomic mass is 10.2. The number of thiophene rings is 1. The number of halogens is 1. The summed E-state index contributed by atoms with van der Waals surface area (Å²) in [5, 5.41) is 5.24. The largest absolute Gasteiger partial charge is 0.488 e. The van der Waals surface area contributed by atoms with Gasteiger partial charge in [-0.3, -0.25) is 0 Å². The summed E-state index contributed by atoms with van der Waals surface area (Å²) < 4.78 is 6.02. The fourth-order valence-electron chi connectivity index (χ4n) is 2.14. The van der Waals surface area contributed by atoms with Crippen LogP contribution in [0.4, 0.5) is 0 Å². The van der Waals surface area contributed by atoms with Gasteiger partial charge in [0.25, 0.3) is 0 Å². The fourth-order valence-corrected chi connectivity index (χ4v) is 2.85. The lowest BCUT2D eigenvalue weighted by molar-refractivity contribution is 0.204. The highest BCUT2D eigenvalue weighted by atomic mass is 127. The Balaban J connectivity index is 0.00000288. The van der Waals surface area contributed by atoms with E-state index < -0.39 is 0 Å². The van der Waals surface area contributed by atoms with Crippen molar-refractivity contribution in [1.29, 1.82) is 0 Å². The predicted molar refractivity (Wildman–Crippen MR) is 114 cm³/mol. The summed E-state index contributed by atoms with van der Waals surface area (Å²) in [5.74, 6) is 1.40. The zero-order valence-corrected chi connectivity index (χ0v) is 17.3. The molecule has 0 spiro atoms. The molecule has 1 atom stereocenters. The first kappa shape index (κ1) is 20.8. The van der Waals surface area contributed by atoms with Crippen LogP contribution >= 0.6 is 35.3 Å². The number of hydrogen-bond donors (Lipinski definition) is 2. The summed E-state index contributed by atoms with van der Waals surface area (Å²) in [6.07, 6.45) is 1.89. The van der Waals surface area contributed by atoms with Crippen molar-refractivity contribution >= 4 is 41.3 Å². The Morgan fingerprint density at radius 1 is 1.29 bits per heavy atom. The monoisotopic (exact) mass is 459 g/mol. The lowest BCUT2D eigenvalue weighted by Gasteiger charge is -2.17. The van der Waals surface area contributed by atoms with Gasteiger partial charge in [-0.05, 0) is 42.8 Å².